The quantitative estimate of drug-likeness (QED) is 0.497. The average Bonchev–Trinajstić information content (AvgIpc) is 3.04. The number of aromatic nitrogens is 2. The van der Waals surface area contributed by atoms with Gasteiger partial charge >= 0.3 is 0 Å². The normalized spacial score (nSPS) is 22.1. The van der Waals surface area contributed by atoms with Crippen LogP contribution in [0, 0.1) is 0 Å². The predicted octanol–water partition coefficient (Wildman–Crippen LogP) is 5.16. The van der Waals surface area contributed by atoms with Crippen molar-refractivity contribution in [2.24, 2.45) is 0 Å². The summed E-state index contributed by atoms with van der Waals surface area (Å²) in [5, 5.41) is 8.07. The summed E-state index contributed by atoms with van der Waals surface area (Å²) in [5.41, 5.74) is 0.878. The Kier molecular flexibility index (Phi) is 6.63. The average molecular weight is 469 g/mol. The zero-order chi connectivity index (χ0) is 23.8. The largest absolute Gasteiger partial charge is 0.351 e. The number of nitrogens with zero attached hydrogens (tertiary/aromatic N) is 3. The number of carbonyl (C=O) groups is 2. The summed E-state index contributed by atoms with van der Waals surface area (Å²) in [7, 11) is 0. The molecule has 1 atom stereocenters. The monoisotopic (exact) mass is 468 g/mol. The molecule has 1 fully saturated rings. The molecular weight excluding hydrogens is 432 g/mol. The first-order chi connectivity index (χ1) is 15.6. The highest BCUT2D eigenvalue weighted by atomic mass is 32.2. The van der Waals surface area contributed by atoms with Crippen molar-refractivity contribution in [3.63, 3.8) is 0 Å². The number of anilines is 1. The number of hydrogen-bond donors (Lipinski definition) is 1. The third-order valence-corrected chi connectivity index (χ3v) is 7.64. The summed E-state index contributed by atoms with van der Waals surface area (Å²) in [6.07, 6.45) is 8.73. The van der Waals surface area contributed by atoms with Gasteiger partial charge in [0.25, 0.3) is 5.91 Å². The number of amides is 2. The Labute approximate surface area is 201 Å². The van der Waals surface area contributed by atoms with Gasteiger partial charge in [-0.15, -0.1) is 11.8 Å². The maximum atomic E-state index is 13.9. The third-order valence-electron chi connectivity index (χ3n) is 6.91. The van der Waals surface area contributed by atoms with E-state index in [1.807, 2.05) is 43.5 Å². The molecule has 2 aromatic rings. The van der Waals surface area contributed by atoms with E-state index in [-0.39, 0.29) is 23.3 Å². The summed E-state index contributed by atoms with van der Waals surface area (Å²) < 4.78 is 1.74. The molecule has 1 N–H and O–H groups in total. The number of fused-ring (bicyclic) bond motifs is 1. The van der Waals surface area contributed by atoms with E-state index in [9.17, 15) is 9.59 Å². The molecule has 2 amide bonds. The minimum Gasteiger partial charge on any atom is -0.351 e. The Morgan fingerprint density at radius 1 is 1.15 bits per heavy atom. The van der Waals surface area contributed by atoms with Crippen LogP contribution in [0.5, 0.6) is 0 Å². The highest BCUT2D eigenvalue weighted by Crippen LogP contribution is 2.36. The van der Waals surface area contributed by atoms with Crippen LogP contribution in [0.15, 0.2) is 35.2 Å². The van der Waals surface area contributed by atoms with Gasteiger partial charge in [0.2, 0.25) is 5.91 Å². The summed E-state index contributed by atoms with van der Waals surface area (Å²) in [4.78, 5) is 30.5. The third kappa shape index (κ3) is 4.70. The number of thioether (sulfide) groups is 1. The van der Waals surface area contributed by atoms with Crippen LogP contribution in [0.4, 0.5) is 5.69 Å². The van der Waals surface area contributed by atoms with Crippen molar-refractivity contribution in [1.29, 1.82) is 0 Å². The topological polar surface area (TPSA) is 67.2 Å². The predicted molar refractivity (Wildman–Crippen MR) is 134 cm³/mol. The van der Waals surface area contributed by atoms with Gasteiger partial charge in [0, 0.05) is 22.0 Å². The van der Waals surface area contributed by atoms with Crippen molar-refractivity contribution in [2.45, 2.75) is 94.7 Å². The summed E-state index contributed by atoms with van der Waals surface area (Å²) in [6, 6.07) is 9.94. The Bertz CT molecular complexity index is 1030. The van der Waals surface area contributed by atoms with Crippen LogP contribution in [0.3, 0.4) is 0 Å². The Hall–Kier alpha value is -2.28. The molecule has 4 rings (SSSR count). The van der Waals surface area contributed by atoms with E-state index in [0.29, 0.717) is 12.2 Å². The molecule has 6 nitrogen and oxygen atoms in total. The first-order valence-electron chi connectivity index (χ1n) is 12.0. The number of rotatable bonds is 4. The van der Waals surface area contributed by atoms with Gasteiger partial charge in [-0.25, -0.2) is 0 Å². The SMILES string of the molecule is CSc1cccc(N2C(=O)c3cc(C(C)(C)C)nn3C[C@]2(C)C(=O)NC2CCCCCC2)c1. The Balaban J connectivity index is 1.76. The molecule has 2 heterocycles. The standard InChI is InChI=1S/C26H36N4O2S/c1-25(2,3)22-16-21-23(31)30(19-13-10-14-20(15-19)33-5)26(4,17-29(21)28-22)24(32)27-18-11-8-6-7-9-12-18/h10,13-16,18H,6-9,11-12,17H2,1-5H3,(H,27,32)/t26-/m1/s1. The van der Waals surface area contributed by atoms with E-state index >= 15 is 0 Å². The molecule has 0 unspecified atom stereocenters. The molecule has 0 spiro atoms. The van der Waals surface area contributed by atoms with Gasteiger partial charge in [0.05, 0.1) is 12.2 Å². The van der Waals surface area contributed by atoms with Crippen molar-refractivity contribution in [3.05, 3.63) is 41.7 Å². The Morgan fingerprint density at radius 3 is 2.48 bits per heavy atom. The molecule has 0 radical (unpaired) electrons. The van der Waals surface area contributed by atoms with Gasteiger partial charge in [0.1, 0.15) is 11.2 Å². The summed E-state index contributed by atoms with van der Waals surface area (Å²) >= 11 is 1.62. The van der Waals surface area contributed by atoms with E-state index in [2.05, 4.69) is 26.1 Å². The van der Waals surface area contributed by atoms with E-state index in [1.165, 1.54) is 12.8 Å². The minimum absolute atomic E-state index is 0.101. The van der Waals surface area contributed by atoms with Crippen LogP contribution < -0.4 is 10.2 Å². The molecule has 33 heavy (non-hydrogen) atoms. The van der Waals surface area contributed by atoms with Gasteiger partial charge in [-0.3, -0.25) is 19.2 Å². The van der Waals surface area contributed by atoms with Crippen molar-refractivity contribution >= 4 is 29.3 Å². The van der Waals surface area contributed by atoms with Crippen LogP contribution in [0.25, 0.3) is 0 Å². The van der Waals surface area contributed by atoms with Crippen LogP contribution in [0.2, 0.25) is 0 Å². The van der Waals surface area contributed by atoms with Crippen molar-refractivity contribution in [1.82, 2.24) is 15.1 Å². The maximum Gasteiger partial charge on any atom is 0.277 e. The zero-order valence-corrected chi connectivity index (χ0v) is 21.3. The minimum atomic E-state index is -1.07. The fraction of sp³-hybridized carbons (Fsp3) is 0.577. The van der Waals surface area contributed by atoms with Gasteiger partial charge in [-0.1, -0.05) is 52.5 Å². The molecule has 2 aliphatic rings. The molecule has 0 saturated heterocycles. The van der Waals surface area contributed by atoms with Crippen molar-refractivity contribution < 1.29 is 9.59 Å². The number of carbonyl (C=O) groups excluding carboxylic acids is 2. The van der Waals surface area contributed by atoms with E-state index in [1.54, 1.807) is 21.3 Å². The van der Waals surface area contributed by atoms with E-state index < -0.39 is 5.54 Å². The van der Waals surface area contributed by atoms with Crippen LogP contribution >= 0.6 is 11.8 Å². The molecule has 1 aromatic heterocycles. The summed E-state index contributed by atoms with van der Waals surface area (Å²) in [5.74, 6) is -0.281. The second kappa shape index (κ2) is 9.16. The Morgan fingerprint density at radius 2 is 1.85 bits per heavy atom. The van der Waals surface area contributed by atoms with Crippen LogP contribution in [0.1, 0.15) is 82.4 Å². The molecule has 1 saturated carbocycles. The lowest BCUT2D eigenvalue weighted by molar-refractivity contribution is -0.127. The van der Waals surface area contributed by atoms with Crippen molar-refractivity contribution in [3.8, 4) is 0 Å². The zero-order valence-electron chi connectivity index (χ0n) is 20.5. The summed E-state index contributed by atoms with van der Waals surface area (Å²) in [6.45, 7) is 8.47. The number of nitrogens with one attached hydrogen (secondary N) is 1. The highest BCUT2D eigenvalue weighted by Gasteiger charge is 2.49. The maximum absolute atomic E-state index is 13.9. The molecule has 1 aromatic carbocycles. The first-order valence-corrected chi connectivity index (χ1v) is 13.2. The number of hydrogen-bond acceptors (Lipinski definition) is 4. The van der Waals surface area contributed by atoms with Gasteiger partial charge < -0.3 is 5.32 Å². The van der Waals surface area contributed by atoms with Crippen LogP contribution in [-0.4, -0.2) is 39.4 Å². The fourth-order valence-electron chi connectivity index (χ4n) is 4.87. The van der Waals surface area contributed by atoms with Gasteiger partial charge in [-0.05, 0) is 50.3 Å². The van der Waals surface area contributed by atoms with E-state index in [0.717, 1.165) is 42.0 Å². The van der Waals surface area contributed by atoms with Gasteiger partial charge in [-0.2, -0.15) is 5.10 Å². The van der Waals surface area contributed by atoms with Crippen LogP contribution in [-0.2, 0) is 16.8 Å². The fourth-order valence-corrected chi connectivity index (χ4v) is 5.32. The number of benzene rings is 1. The second-order valence-corrected chi connectivity index (χ2v) is 11.5. The highest BCUT2D eigenvalue weighted by molar-refractivity contribution is 7.98. The lowest BCUT2D eigenvalue weighted by Crippen LogP contribution is -2.65. The first kappa shape index (κ1) is 23.9. The molecular formula is C26H36N4O2S. The molecule has 0 bridgehead atoms. The lowest BCUT2D eigenvalue weighted by atomic mass is 9.91. The molecule has 1 aliphatic heterocycles. The molecule has 7 heteroatoms. The lowest BCUT2D eigenvalue weighted by Gasteiger charge is -2.43. The second-order valence-electron chi connectivity index (χ2n) is 10.6. The molecule has 1 aliphatic carbocycles. The smallest absolute Gasteiger partial charge is 0.277 e. The van der Waals surface area contributed by atoms with Crippen molar-refractivity contribution in [2.75, 3.05) is 11.2 Å². The van der Waals surface area contributed by atoms with E-state index in [4.69, 9.17) is 5.10 Å². The molecule has 178 valence electrons. The van der Waals surface area contributed by atoms with Gasteiger partial charge in [0.15, 0.2) is 0 Å².